The Labute approximate surface area is 126 Å². The zero-order valence-corrected chi connectivity index (χ0v) is 12.5. The highest BCUT2D eigenvalue weighted by molar-refractivity contribution is 7.98. The first kappa shape index (κ1) is 13.1. The molecule has 20 heavy (non-hydrogen) atoms. The largest absolute Gasteiger partial charge is 0.267 e. The number of aromatic nitrogens is 3. The fourth-order valence-electron chi connectivity index (χ4n) is 2.12. The second-order valence-corrected chi connectivity index (χ2v) is 5.46. The van der Waals surface area contributed by atoms with Gasteiger partial charge in [0.05, 0.1) is 5.69 Å². The van der Waals surface area contributed by atoms with Crippen LogP contribution in [-0.2, 0) is 0 Å². The molecule has 3 aromatic rings. The zero-order chi connectivity index (χ0) is 13.9. The third-order valence-corrected chi connectivity index (χ3v) is 4.09. The summed E-state index contributed by atoms with van der Waals surface area (Å²) in [5.41, 5.74) is 2.09. The molecule has 0 aliphatic rings. The lowest BCUT2D eigenvalue weighted by Crippen LogP contribution is -1.99. The SMILES string of the molecule is CSc1ccccc1-n1c(-c2ccccc2)n[nH]c1=S. The Morgan fingerprint density at radius 3 is 2.50 bits per heavy atom. The maximum absolute atomic E-state index is 5.40. The van der Waals surface area contributed by atoms with Crippen LogP contribution < -0.4 is 0 Å². The maximum Gasteiger partial charge on any atom is 0.200 e. The molecule has 0 unspecified atom stereocenters. The van der Waals surface area contributed by atoms with Crippen LogP contribution in [-0.4, -0.2) is 21.0 Å². The number of H-pyrrole nitrogens is 1. The number of rotatable bonds is 3. The van der Waals surface area contributed by atoms with E-state index < -0.39 is 0 Å². The standard InChI is InChI=1S/C15H13N3S2/c1-20-13-10-6-5-9-12(13)18-14(16-17-15(18)19)11-7-3-2-4-8-11/h2-10H,1H3,(H,17,19). The smallest absolute Gasteiger partial charge is 0.200 e. The van der Waals surface area contributed by atoms with Crippen molar-refractivity contribution in [3.63, 3.8) is 0 Å². The highest BCUT2D eigenvalue weighted by Crippen LogP contribution is 2.28. The minimum atomic E-state index is 0.602. The van der Waals surface area contributed by atoms with Crippen LogP contribution in [0.4, 0.5) is 0 Å². The topological polar surface area (TPSA) is 33.6 Å². The van der Waals surface area contributed by atoms with Gasteiger partial charge in [-0.2, -0.15) is 5.10 Å². The summed E-state index contributed by atoms with van der Waals surface area (Å²) in [6, 6.07) is 18.2. The number of benzene rings is 2. The van der Waals surface area contributed by atoms with E-state index >= 15 is 0 Å². The summed E-state index contributed by atoms with van der Waals surface area (Å²) in [7, 11) is 0. The highest BCUT2D eigenvalue weighted by atomic mass is 32.2. The van der Waals surface area contributed by atoms with Crippen LogP contribution in [0.15, 0.2) is 59.5 Å². The fraction of sp³-hybridized carbons (Fsp3) is 0.0667. The van der Waals surface area contributed by atoms with Gasteiger partial charge in [-0.25, -0.2) is 0 Å². The molecule has 0 bridgehead atoms. The van der Waals surface area contributed by atoms with Crippen LogP contribution in [0.3, 0.4) is 0 Å². The average Bonchev–Trinajstić information content (AvgIpc) is 2.89. The molecule has 2 aromatic carbocycles. The van der Waals surface area contributed by atoms with Gasteiger partial charge >= 0.3 is 0 Å². The Morgan fingerprint density at radius 1 is 1.05 bits per heavy atom. The van der Waals surface area contributed by atoms with E-state index in [0.717, 1.165) is 17.1 Å². The summed E-state index contributed by atoms with van der Waals surface area (Å²) in [5, 5.41) is 7.27. The number of para-hydroxylation sites is 1. The van der Waals surface area contributed by atoms with E-state index in [1.165, 1.54) is 4.90 Å². The van der Waals surface area contributed by atoms with E-state index in [2.05, 4.69) is 28.6 Å². The Kier molecular flexibility index (Phi) is 3.71. The molecule has 0 saturated carbocycles. The molecule has 1 aromatic heterocycles. The molecular weight excluding hydrogens is 286 g/mol. The van der Waals surface area contributed by atoms with Crippen molar-refractivity contribution in [1.82, 2.24) is 14.8 Å². The number of aromatic amines is 1. The van der Waals surface area contributed by atoms with Crippen molar-refractivity contribution < 1.29 is 0 Å². The Hall–Kier alpha value is -1.85. The average molecular weight is 299 g/mol. The molecule has 3 rings (SSSR count). The van der Waals surface area contributed by atoms with Gasteiger partial charge in [0, 0.05) is 10.5 Å². The molecule has 0 atom stereocenters. The summed E-state index contributed by atoms with van der Waals surface area (Å²) in [4.78, 5) is 1.17. The first-order valence-corrected chi connectivity index (χ1v) is 7.81. The molecular formula is C15H13N3S2. The summed E-state index contributed by atoms with van der Waals surface area (Å²) in [5.74, 6) is 0.831. The molecule has 0 radical (unpaired) electrons. The van der Waals surface area contributed by atoms with Crippen molar-refractivity contribution in [3.8, 4) is 17.1 Å². The number of thioether (sulfide) groups is 1. The Bertz CT molecular complexity index is 775. The Balaban J connectivity index is 2.25. The third kappa shape index (κ3) is 2.30. The lowest BCUT2D eigenvalue weighted by Gasteiger charge is -2.10. The predicted molar refractivity (Wildman–Crippen MR) is 86.0 cm³/mol. The molecule has 0 spiro atoms. The van der Waals surface area contributed by atoms with Crippen LogP contribution in [0.1, 0.15) is 0 Å². The van der Waals surface area contributed by atoms with E-state index in [0.29, 0.717) is 4.77 Å². The van der Waals surface area contributed by atoms with Gasteiger partial charge in [0.25, 0.3) is 0 Å². The molecule has 5 heteroatoms. The van der Waals surface area contributed by atoms with Gasteiger partial charge in [-0.3, -0.25) is 9.67 Å². The van der Waals surface area contributed by atoms with Gasteiger partial charge in [0.2, 0.25) is 0 Å². The lowest BCUT2D eigenvalue weighted by molar-refractivity contribution is 1.01. The van der Waals surface area contributed by atoms with Gasteiger partial charge in [-0.1, -0.05) is 42.5 Å². The van der Waals surface area contributed by atoms with E-state index in [4.69, 9.17) is 12.2 Å². The van der Waals surface area contributed by atoms with Crippen molar-refractivity contribution in [2.75, 3.05) is 6.26 Å². The molecule has 0 amide bonds. The molecule has 0 fully saturated rings. The lowest BCUT2D eigenvalue weighted by atomic mass is 10.2. The van der Waals surface area contributed by atoms with Crippen molar-refractivity contribution in [1.29, 1.82) is 0 Å². The quantitative estimate of drug-likeness (QED) is 0.577. The summed E-state index contributed by atoms with van der Waals surface area (Å²) in [6.07, 6.45) is 2.06. The minimum absolute atomic E-state index is 0.602. The molecule has 0 aliphatic heterocycles. The van der Waals surface area contributed by atoms with Crippen molar-refractivity contribution in [2.45, 2.75) is 4.90 Å². The zero-order valence-electron chi connectivity index (χ0n) is 10.9. The highest BCUT2D eigenvalue weighted by Gasteiger charge is 2.12. The first-order valence-electron chi connectivity index (χ1n) is 6.17. The number of nitrogens with zero attached hydrogens (tertiary/aromatic N) is 2. The number of hydrogen-bond donors (Lipinski definition) is 1. The normalized spacial score (nSPS) is 10.7. The summed E-state index contributed by atoms with van der Waals surface area (Å²) >= 11 is 7.10. The van der Waals surface area contributed by atoms with Crippen molar-refractivity contribution >= 4 is 24.0 Å². The van der Waals surface area contributed by atoms with E-state index in [9.17, 15) is 0 Å². The van der Waals surface area contributed by atoms with Gasteiger partial charge in [0.15, 0.2) is 10.6 Å². The predicted octanol–water partition coefficient (Wildman–Crippen LogP) is 4.32. The second-order valence-electron chi connectivity index (χ2n) is 4.23. The fourth-order valence-corrected chi connectivity index (χ4v) is 2.93. The van der Waals surface area contributed by atoms with Gasteiger partial charge in [-0.05, 0) is 30.6 Å². The number of hydrogen-bond acceptors (Lipinski definition) is 3. The van der Waals surface area contributed by atoms with E-state index in [-0.39, 0.29) is 0 Å². The van der Waals surface area contributed by atoms with Crippen LogP contribution in [0, 0.1) is 4.77 Å². The minimum Gasteiger partial charge on any atom is -0.267 e. The molecule has 0 saturated heterocycles. The van der Waals surface area contributed by atoms with Gasteiger partial charge in [0.1, 0.15) is 0 Å². The monoisotopic (exact) mass is 299 g/mol. The molecule has 1 N–H and O–H groups in total. The van der Waals surface area contributed by atoms with Crippen molar-refractivity contribution in [2.24, 2.45) is 0 Å². The number of nitrogens with one attached hydrogen (secondary N) is 1. The molecule has 3 nitrogen and oxygen atoms in total. The van der Waals surface area contributed by atoms with E-state index in [1.807, 2.05) is 47.0 Å². The van der Waals surface area contributed by atoms with Crippen LogP contribution in [0.5, 0.6) is 0 Å². The van der Waals surface area contributed by atoms with Crippen LogP contribution >= 0.6 is 24.0 Å². The summed E-state index contributed by atoms with van der Waals surface area (Å²) < 4.78 is 2.58. The van der Waals surface area contributed by atoms with E-state index in [1.54, 1.807) is 11.8 Å². The molecule has 1 heterocycles. The van der Waals surface area contributed by atoms with Crippen molar-refractivity contribution in [3.05, 3.63) is 59.4 Å². The molecule has 100 valence electrons. The molecule has 0 aliphatic carbocycles. The van der Waals surface area contributed by atoms with Gasteiger partial charge in [-0.15, -0.1) is 11.8 Å². The first-order chi connectivity index (χ1) is 9.81. The second kappa shape index (κ2) is 5.64. The van der Waals surface area contributed by atoms with Crippen LogP contribution in [0.2, 0.25) is 0 Å². The van der Waals surface area contributed by atoms with Crippen LogP contribution in [0.25, 0.3) is 17.1 Å². The third-order valence-electron chi connectivity index (χ3n) is 3.03. The maximum atomic E-state index is 5.40. The summed E-state index contributed by atoms with van der Waals surface area (Å²) in [6.45, 7) is 0. The Morgan fingerprint density at radius 2 is 1.75 bits per heavy atom. The van der Waals surface area contributed by atoms with Gasteiger partial charge < -0.3 is 0 Å².